The topological polar surface area (TPSA) is 41.1 Å². The molecule has 1 atom stereocenters. The van der Waals surface area contributed by atoms with Gasteiger partial charge in [-0.25, -0.2) is 9.97 Å². The van der Waals surface area contributed by atoms with Crippen molar-refractivity contribution in [1.82, 2.24) is 15.3 Å². The molecule has 0 spiro atoms. The Labute approximate surface area is 117 Å². The summed E-state index contributed by atoms with van der Waals surface area (Å²) in [5.41, 5.74) is 1.33. The van der Waals surface area contributed by atoms with Gasteiger partial charge in [0.25, 0.3) is 0 Å². The van der Waals surface area contributed by atoms with Crippen LogP contribution in [0.15, 0.2) is 0 Å². The van der Waals surface area contributed by atoms with Crippen LogP contribution in [0.3, 0.4) is 0 Å². The van der Waals surface area contributed by atoms with E-state index in [-0.39, 0.29) is 0 Å². The molecule has 102 valence electrons. The molecule has 4 nitrogen and oxygen atoms in total. The minimum atomic E-state index is 0.513. The third kappa shape index (κ3) is 2.21. The minimum absolute atomic E-state index is 0.513. The lowest BCUT2D eigenvalue weighted by Crippen LogP contribution is -2.49. The van der Waals surface area contributed by atoms with Crippen molar-refractivity contribution in [3.63, 3.8) is 0 Å². The molecule has 3 heterocycles. The largest absolute Gasteiger partial charge is 0.353 e. The number of hydrogen-bond donors (Lipinski definition) is 1. The Morgan fingerprint density at radius 2 is 2.05 bits per heavy atom. The summed E-state index contributed by atoms with van der Waals surface area (Å²) in [5, 5.41) is 4.73. The maximum absolute atomic E-state index is 4.73. The first-order valence-corrected chi connectivity index (χ1v) is 7.60. The van der Waals surface area contributed by atoms with Crippen LogP contribution < -0.4 is 10.2 Å². The van der Waals surface area contributed by atoms with Crippen molar-refractivity contribution in [2.45, 2.75) is 33.7 Å². The van der Waals surface area contributed by atoms with E-state index in [0.29, 0.717) is 6.04 Å². The predicted molar refractivity (Wildman–Crippen MR) is 81.3 cm³/mol. The highest BCUT2D eigenvalue weighted by atomic mass is 32.1. The smallest absolute Gasteiger partial charge is 0.141 e. The standard InChI is InChI=1S/C14H20N4S/c1-8-7-18(6-5-15-8)13-12-9(2)10(3)19-14(12)17-11(4)16-13/h8,15H,5-7H2,1-4H3. The van der Waals surface area contributed by atoms with E-state index < -0.39 is 0 Å². The highest BCUT2D eigenvalue weighted by molar-refractivity contribution is 7.18. The number of aromatic nitrogens is 2. The van der Waals surface area contributed by atoms with Crippen molar-refractivity contribution >= 4 is 27.4 Å². The van der Waals surface area contributed by atoms with Crippen molar-refractivity contribution in [2.24, 2.45) is 0 Å². The summed E-state index contributed by atoms with van der Waals surface area (Å²) in [4.78, 5) is 14.2. The number of aryl methyl sites for hydroxylation is 3. The fourth-order valence-corrected chi connectivity index (χ4v) is 3.76. The summed E-state index contributed by atoms with van der Waals surface area (Å²) in [7, 11) is 0. The van der Waals surface area contributed by atoms with Crippen LogP contribution in [0.1, 0.15) is 23.2 Å². The van der Waals surface area contributed by atoms with Gasteiger partial charge in [-0.2, -0.15) is 0 Å². The summed E-state index contributed by atoms with van der Waals surface area (Å²) in [5.74, 6) is 1.99. The Bertz CT molecular complexity index is 619. The van der Waals surface area contributed by atoms with Gasteiger partial charge in [0.05, 0.1) is 5.39 Å². The van der Waals surface area contributed by atoms with Gasteiger partial charge in [0, 0.05) is 30.6 Å². The average molecular weight is 276 g/mol. The number of anilines is 1. The molecule has 3 rings (SSSR count). The van der Waals surface area contributed by atoms with Crippen LogP contribution in [0, 0.1) is 20.8 Å². The Morgan fingerprint density at radius 3 is 2.79 bits per heavy atom. The maximum atomic E-state index is 4.73. The molecule has 2 aromatic rings. The molecule has 0 bridgehead atoms. The fraction of sp³-hybridized carbons (Fsp3) is 0.571. The van der Waals surface area contributed by atoms with Crippen LogP contribution in [0.25, 0.3) is 10.2 Å². The Morgan fingerprint density at radius 1 is 1.26 bits per heavy atom. The van der Waals surface area contributed by atoms with Crippen LogP contribution in [-0.4, -0.2) is 35.6 Å². The second-order valence-electron chi connectivity index (χ2n) is 5.36. The number of thiophene rings is 1. The molecule has 0 radical (unpaired) electrons. The molecule has 0 saturated carbocycles. The second kappa shape index (κ2) is 4.72. The lowest BCUT2D eigenvalue weighted by molar-refractivity contribution is 0.483. The van der Waals surface area contributed by atoms with E-state index in [1.54, 1.807) is 11.3 Å². The number of rotatable bonds is 1. The quantitative estimate of drug-likeness (QED) is 0.868. The van der Waals surface area contributed by atoms with E-state index in [1.165, 1.54) is 15.8 Å². The van der Waals surface area contributed by atoms with Crippen LogP contribution in [-0.2, 0) is 0 Å². The van der Waals surface area contributed by atoms with Gasteiger partial charge >= 0.3 is 0 Å². The zero-order valence-corrected chi connectivity index (χ0v) is 12.8. The first-order chi connectivity index (χ1) is 9.06. The first kappa shape index (κ1) is 12.8. The van der Waals surface area contributed by atoms with Gasteiger partial charge in [0.15, 0.2) is 0 Å². The molecular weight excluding hydrogens is 256 g/mol. The number of nitrogens with one attached hydrogen (secondary N) is 1. The summed E-state index contributed by atoms with van der Waals surface area (Å²) in [6.07, 6.45) is 0. The highest BCUT2D eigenvalue weighted by Gasteiger charge is 2.22. The molecule has 2 aromatic heterocycles. The molecule has 19 heavy (non-hydrogen) atoms. The fourth-order valence-electron chi connectivity index (χ4n) is 2.69. The van der Waals surface area contributed by atoms with Crippen molar-refractivity contribution in [3.05, 3.63) is 16.3 Å². The predicted octanol–water partition coefficient (Wildman–Crippen LogP) is 2.41. The third-order valence-electron chi connectivity index (χ3n) is 3.79. The number of nitrogens with zero attached hydrogens (tertiary/aromatic N) is 3. The van der Waals surface area contributed by atoms with Gasteiger partial charge in [-0.15, -0.1) is 11.3 Å². The van der Waals surface area contributed by atoms with Gasteiger partial charge in [0.1, 0.15) is 16.5 Å². The average Bonchev–Trinajstić information content (AvgIpc) is 2.64. The first-order valence-electron chi connectivity index (χ1n) is 6.79. The maximum Gasteiger partial charge on any atom is 0.141 e. The zero-order valence-electron chi connectivity index (χ0n) is 11.9. The molecule has 0 amide bonds. The number of piperazine rings is 1. The third-order valence-corrected chi connectivity index (χ3v) is 4.89. The summed E-state index contributed by atoms with van der Waals surface area (Å²) < 4.78 is 0. The van der Waals surface area contributed by atoms with Gasteiger partial charge < -0.3 is 10.2 Å². The molecule has 0 aromatic carbocycles. The molecule has 1 aliphatic heterocycles. The Hall–Kier alpha value is -1.20. The molecule has 1 unspecified atom stereocenters. The van der Waals surface area contributed by atoms with Gasteiger partial charge in [-0.3, -0.25) is 0 Å². The normalized spacial score (nSPS) is 20.2. The van der Waals surface area contributed by atoms with Crippen molar-refractivity contribution in [1.29, 1.82) is 0 Å². The van der Waals surface area contributed by atoms with Crippen molar-refractivity contribution < 1.29 is 0 Å². The zero-order chi connectivity index (χ0) is 13.6. The van der Waals surface area contributed by atoms with Gasteiger partial charge in [0.2, 0.25) is 0 Å². The van der Waals surface area contributed by atoms with Crippen LogP contribution >= 0.6 is 11.3 Å². The van der Waals surface area contributed by atoms with E-state index in [1.807, 2.05) is 6.92 Å². The van der Waals surface area contributed by atoms with E-state index in [4.69, 9.17) is 4.98 Å². The van der Waals surface area contributed by atoms with E-state index in [9.17, 15) is 0 Å². The molecule has 0 aliphatic carbocycles. The minimum Gasteiger partial charge on any atom is -0.353 e. The number of fused-ring (bicyclic) bond motifs is 1. The molecule has 1 N–H and O–H groups in total. The Kier molecular flexibility index (Phi) is 3.19. The highest BCUT2D eigenvalue weighted by Crippen LogP contribution is 2.35. The lowest BCUT2D eigenvalue weighted by Gasteiger charge is -2.33. The van der Waals surface area contributed by atoms with Crippen LogP contribution in [0.2, 0.25) is 0 Å². The van der Waals surface area contributed by atoms with E-state index in [2.05, 4.69) is 36.0 Å². The van der Waals surface area contributed by atoms with Crippen molar-refractivity contribution in [3.8, 4) is 0 Å². The van der Waals surface area contributed by atoms with Crippen molar-refractivity contribution in [2.75, 3.05) is 24.5 Å². The monoisotopic (exact) mass is 276 g/mol. The molecule has 1 fully saturated rings. The summed E-state index contributed by atoms with van der Waals surface area (Å²) >= 11 is 1.78. The molecule has 5 heteroatoms. The molecular formula is C14H20N4S. The van der Waals surface area contributed by atoms with Gasteiger partial charge in [-0.05, 0) is 33.3 Å². The summed E-state index contributed by atoms with van der Waals surface area (Å²) in [6.45, 7) is 11.6. The summed E-state index contributed by atoms with van der Waals surface area (Å²) in [6, 6.07) is 0.513. The lowest BCUT2D eigenvalue weighted by atomic mass is 10.1. The molecule has 1 saturated heterocycles. The molecule has 1 aliphatic rings. The van der Waals surface area contributed by atoms with E-state index in [0.717, 1.165) is 36.1 Å². The van der Waals surface area contributed by atoms with Crippen LogP contribution in [0.4, 0.5) is 5.82 Å². The van der Waals surface area contributed by atoms with Gasteiger partial charge in [-0.1, -0.05) is 0 Å². The van der Waals surface area contributed by atoms with E-state index >= 15 is 0 Å². The SMILES string of the molecule is Cc1nc(N2CCNC(C)C2)c2c(C)c(C)sc2n1. The Balaban J connectivity index is 2.16. The van der Waals surface area contributed by atoms with Crippen LogP contribution in [0.5, 0.6) is 0 Å². The number of hydrogen-bond acceptors (Lipinski definition) is 5. The second-order valence-corrected chi connectivity index (χ2v) is 6.56.